The molecule has 9 heteroatoms. The minimum atomic E-state index is -1.21. The lowest BCUT2D eigenvalue weighted by Crippen LogP contribution is -2.12. The normalized spacial score (nSPS) is 10.2. The molecule has 20 heavy (non-hydrogen) atoms. The van der Waals surface area contributed by atoms with Crippen molar-refractivity contribution in [1.29, 1.82) is 0 Å². The Bertz CT molecular complexity index is 626. The van der Waals surface area contributed by atoms with Crippen LogP contribution in [0.3, 0.4) is 0 Å². The number of benzene rings is 1. The second-order valence-electron chi connectivity index (χ2n) is 3.89. The summed E-state index contributed by atoms with van der Waals surface area (Å²) in [6.07, 6.45) is 3.20. The van der Waals surface area contributed by atoms with Crippen LogP contribution < -0.4 is 5.32 Å². The van der Waals surface area contributed by atoms with E-state index in [1.54, 1.807) is 10.9 Å². The van der Waals surface area contributed by atoms with E-state index in [9.17, 15) is 14.9 Å². The molecule has 0 saturated carbocycles. The van der Waals surface area contributed by atoms with E-state index in [2.05, 4.69) is 15.6 Å². The van der Waals surface area contributed by atoms with Crippen molar-refractivity contribution in [3.8, 4) is 0 Å². The number of nitrogens with one attached hydrogen (secondary N) is 1. The summed E-state index contributed by atoms with van der Waals surface area (Å²) in [6.45, 7) is 0.883. The summed E-state index contributed by atoms with van der Waals surface area (Å²) in [5.74, 6) is -1.21. The summed E-state index contributed by atoms with van der Waals surface area (Å²) in [5, 5.41) is 30.0. The molecule has 0 unspecified atom stereocenters. The molecule has 0 spiro atoms. The predicted molar refractivity (Wildman–Crippen MR) is 68.6 cm³/mol. The number of nitro groups is 1. The molecule has 0 saturated heterocycles. The predicted octanol–water partition coefficient (Wildman–Crippen LogP) is 0.997. The van der Waals surface area contributed by atoms with Gasteiger partial charge < -0.3 is 10.4 Å². The third kappa shape index (κ3) is 3.07. The van der Waals surface area contributed by atoms with Crippen molar-refractivity contribution in [1.82, 2.24) is 15.0 Å². The van der Waals surface area contributed by atoms with Gasteiger partial charge >= 0.3 is 5.97 Å². The zero-order valence-corrected chi connectivity index (χ0v) is 10.3. The minimum absolute atomic E-state index is 0.126. The van der Waals surface area contributed by atoms with Crippen molar-refractivity contribution in [2.75, 3.05) is 11.9 Å². The Balaban J connectivity index is 2.10. The van der Waals surface area contributed by atoms with Gasteiger partial charge in [-0.15, -0.1) is 5.10 Å². The molecular formula is C11H11N5O4. The van der Waals surface area contributed by atoms with Gasteiger partial charge in [-0.05, 0) is 12.1 Å². The maximum absolute atomic E-state index is 10.9. The number of carboxylic acids is 1. The molecule has 0 bridgehead atoms. The van der Waals surface area contributed by atoms with Crippen LogP contribution in [0.1, 0.15) is 10.4 Å². The van der Waals surface area contributed by atoms with Crippen LogP contribution in [0.15, 0.2) is 30.6 Å². The second kappa shape index (κ2) is 5.78. The first-order valence-corrected chi connectivity index (χ1v) is 5.67. The zero-order valence-electron chi connectivity index (χ0n) is 10.3. The van der Waals surface area contributed by atoms with E-state index in [1.165, 1.54) is 18.3 Å². The van der Waals surface area contributed by atoms with Gasteiger partial charge in [-0.25, -0.2) is 4.79 Å². The third-order valence-electron chi connectivity index (χ3n) is 2.57. The molecule has 2 aromatic rings. The third-order valence-corrected chi connectivity index (χ3v) is 2.57. The van der Waals surface area contributed by atoms with Gasteiger partial charge in [0.25, 0.3) is 5.69 Å². The summed E-state index contributed by atoms with van der Waals surface area (Å²) in [4.78, 5) is 21.1. The van der Waals surface area contributed by atoms with Crippen LogP contribution in [0.2, 0.25) is 0 Å². The topological polar surface area (TPSA) is 123 Å². The molecular weight excluding hydrogens is 266 g/mol. The van der Waals surface area contributed by atoms with Crippen LogP contribution in [0.25, 0.3) is 0 Å². The van der Waals surface area contributed by atoms with Crippen molar-refractivity contribution >= 4 is 17.3 Å². The molecule has 104 valence electrons. The highest BCUT2D eigenvalue weighted by atomic mass is 16.6. The lowest BCUT2D eigenvalue weighted by atomic mass is 10.1. The number of aromatic nitrogens is 3. The van der Waals surface area contributed by atoms with E-state index >= 15 is 0 Å². The largest absolute Gasteiger partial charge is 0.478 e. The van der Waals surface area contributed by atoms with E-state index in [1.807, 2.05) is 0 Å². The van der Waals surface area contributed by atoms with Crippen molar-refractivity contribution in [2.45, 2.75) is 6.54 Å². The number of aromatic carboxylic acids is 1. The Morgan fingerprint density at radius 1 is 1.50 bits per heavy atom. The number of nitrogens with zero attached hydrogens (tertiary/aromatic N) is 4. The smallest absolute Gasteiger partial charge is 0.335 e. The molecule has 0 aliphatic rings. The highest BCUT2D eigenvalue weighted by Gasteiger charge is 2.16. The maximum atomic E-state index is 10.9. The molecule has 0 fully saturated rings. The summed E-state index contributed by atoms with van der Waals surface area (Å²) in [5.41, 5.74) is -0.137. The molecule has 0 radical (unpaired) electrons. The van der Waals surface area contributed by atoms with Crippen LogP contribution in [0.4, 0.5) is 11.4 Å². The summed E-state index contributed by atoms with van der Waals surface area (Å²) >= 11 is 0. The van der Waals surface area contributed by atoms with Crippen molar-refractivity contribution in [2.24, 2.45) is 0 Å². The number of hydrogen-bond donors (Lipinski definition) is 2. The van der Waals surface area contributed by atoms with E-state index in [0.717, 1.165) is 6.07 Å². The van der Waals surface area contributed by atoms with Gasteiger partial charge in [0.05, 0.1) is 23.2 Å². The lowest BCUT2D eigenvalue weighted by molar-refractivity contribution is -0.384. The Labute approximate surface area is 113 Å². The molecule has 0 amide bonds. The number of carbonyl (C=O) groups is 1. The van der Waals surface area contributed by atoms with E-state index in [0.29, 0.717) is 13.1 Å². The number of rotatable bonds is 6. The summed E-state index contributed by atoms with van der Waals surface area (Å²) in [7, 11) is 0. The Morgan fingerprint density at radius 3 is 2.90 bits per heavy atom. The lowest BCUT2D eigenvalue weighted by Gasteiger charge is -2.07. The zero-order chi connectivity index (χ0) is 14.5. The van der Waals surface area contributed by atoms with Gasteiger partial charge in [-0.3, -0.25) is 14.8 Å². The Hall–Kier alpha value is -2.97. The molecule has 0 aliphatic heterocycles. The minimum Gasteiger partial charge on any atom is -0.478 e. The van der Waals surface area contributed by atoms with Crippen LogP contribution in [0, 0.1) is 10.1 Å². The maximum Gasteiger partial charge on any atom is 0.335 e. The second-order valence-corrected chi connectivity index (χ2v) is 3.89. The van der Waals surface area contributed by atoms with Crippen molar-refractivity contribution < 1.29 is 14.8 Å². The van der Waals surface area contributed by atoms with Crippen LogP contribution in [0.5, 0.6) is 0 Å². The van der Waals surface area contributed by atoms with E-state index in [-0.39, 0.29) is 16.9 Å². The summed E-state index contributed by atoms with van der Waals surface area (Å²) in [6, 6.07) is 3.72. The molecule has 0 atom stereocenters. The first-order chi connectivity index (χ1) is 9.58. The highest BCUT2D eigenvalue weighted by molar-refractivity contribution is 5.89. The molecule has 1 heterocycles. The Morgan fingerprint density at radius 2 is 2.30 bits per heavy atom. The number of hydrogen-bond acceptors (Lipinski definition) is 6. The molecule has 2 rings (SSSR count). The Kier molecular flexibility index (Phi) is 3.89. The fourth-order valence-electron chi connectivity index (χ4n) is 1.62. The van der Waals surface area contributed by atoms with Gasteiger partial charge in [0.2, 0.25) is 0 Å². The van der Waals surface area contributed by atoms with Crippen LogP contribution >= 0.6 is 0 Å². The van der Waals surface area contributed by atoms with Gasteiger partial charge in [0, 0.05) is 18.8 Å². The molecule has 0 aliphatic carbocycles. The number of anilines is 1. The summed E-state index contributed by atoms with van der Waals surface area (Å²) < 4.78 is 1.57. The van der Waals surface area contributed by atoms with Crippen LogP contribution in [-0.4, -0.2) is 37.5 Å². The first-order valence-electron chi connectivity index (χ1n) is 5.67. The monoisotopic (exact) mass is 277 g/mol. The van der Waals surface area contributed by atoms with Crippen molar-refractivity contribution in [3.05, 3.63) is 46.3 Å². The molecule has 2 N–H and O–H groups in total. The fraction of sp³-hybridized carbons (Fsp3) is 0.182. The average molecular weight is 277 g/mol. The standard InChI is InChI=1S/C11H11N5O4/c17-11(18)8-1-2-9(10(7-8)16(19)20)12-3-5-15-6-4-13-14-15/h1-2,4,6-7,12H,3,5H2,(H,17,18). The van der Waals surface area contributed by atoms with Gasteiger partial charge in [0.1, 0.15) is 5.69 Å². The highest BCUT2D eigenvalue weighted by Crippen LogP contribution is 2.25. The van der Waals surface area contributed by atoms with Gasteiger partial charge in [-0.1, -0.05) is 5.21 Å². The number of nitro benzene ring substituents is 1. The number of carboxylic acid groups (broad SMARTS) is 1. The quantitative estimate of drug-likeness (QED) is 0.596. The van der Waals surface area contributed by atoms with E-state index in [4.69, 9.17) is 5.11 Å². The molecule has 1 aromatic carbocycles. The fourth-order valence-corrected chi connectivity index (χ4v) is 1.62. The molecule has 1 aromatic heterocycles. The van der Waals surface area contributed by atoms with Crippen LogP contribution in [-0.2, 0) is 6.54 Å². The van der Waals surface area contributed by atoms with Gasteiger partial charge in [0.15, 0.2) is 0 Å². The molecule has 9 nitrogen and oxygen atoms in total. The first kappa shape index (κ1) is 13.5. The van der Waals surface area contributed by atoms with Gasteiger partial charge in [-0.2, -0.15) is 0 Å². The average Bonchev–Trinajstić information content (AvgIpc) is 2.91. The van der Waals surface area contributed by atoms with Crippen molar-refractivity contribution in [3.63, 3.8) is 0 Å². The van der Waals surface area contributed by atoms with E-state index < -0.39 is 10.9 Å². The SMILES string of the molecule is O=C(O)c1ccc(NCCn2ccnn2)c([N+](=O)[O-])c1.